The van der Waals surface area contributed by atoms with Crippen LogP contribution in [0.15, 0.2) is 6.20 Å². The molecule has 0 spiro atoms. The molecule has 0 aliphatic rings. The largest absolute Gasteiger partial charge is 0.271 e. The summed E-state index contributed by atoms with van der Waals surface area (Å²) in [4.78, 5) is 0. The summed E-state index contributed by atoms with van der Waals surface area (Å²) in [7, 11) is 0. The Balaban J connectivity index is 2.83. The van der Waals surface area contributed by atoms with E-state index in [9.17, 15) is 0 Å². The Bertz CT molecular complexity index is 219. The lowest BCUT2D eigenvalue weighted by molar-refractivity contribution is 0.517. The van der Waals surface area contributed by atoms with Crippen molar-refractivity contribution in [1.82, 2.24) is 20.4 Å². The van der Waals surface area contributed by atoms with Gasteiger partial charge >= 0.3 is 0 Å². The van der Waals surface area contributed by atoms with E-state index in [1.165, 1.54) is 0 Å². The van der Waals surface area contributed by atoms with Gasteiger partial charge in [-0.2, -0.15) is 0 Å². The van der Waals surface area contributed by atoms with E-state index in [-0.39, 0.29) is 6.04 Å². The van der Waals surface area contributed by atoms with Gasteiger partial charge in [0, 0.05) is 6.54 Å². The number of hydrogen-bond donors (Lipinski definition) is 2. The molecule has 0 bridgehead atoms. The van der Waals surface area contributed by atoms with E-state index in [1.807, 2.05) is 18.5 Å². The average Bonchev–Trinajstić information content (AvgIpc) is 2.50. The third kappa shape index (κ3) is 1.55. The van der Waals surface area contributed by atoms with Gasteiger partial charge in [-0.3, -0.25) is 11.3 Å². The third-order valence-corrected chi connectivity index (χ3v) is 1.64. The number of aromatic nitrogens is 3. The molecule has 1 aromatic rings. The van der Waals surface area contributed by atoms with Crippen LogP contribution < -0.4 is 11.3 Å². The molecule has 1 unspecified atom stereocenters. The van der Waals surface area contributed by atoms with Crippen LogP contribution in [0.4, 0.5) is 0 Å². The van der Waals surface area contributed by atoms with Crippen molar-refractivity contribution >= 4 is 0 Å². The van der Waals surface area contributed by atoms with E-state index in [2.05, 4.69) is 15.7 Å². The Hall–Kier alpha value is -0.940. The smallest absolute Gasteiger partial charge is 0.0767 e. The molecule has 0 fully saturated rings. The number of aryl methyl sites for hydroxylation is 1. The number of hydrazine groups is 1. The molecule has 5 nitrogen and oxygen atoms in total. The van der Waals surface area contributed by atoms with Gasteiger partial charge in [-0.1, -0.05) is 5.21 Å². The van der Waals surface area contributed by atoms with Crippen molar-refractivity contribution in [2.75, 3.05) is 0 Å². The molecule has 3 N–H and O–H groups in total. The second kappa shape index (κ2) is 3.45. The van der Waals surface area contributed by atoms with E-state index in [0.717, 1.165) is 12.2 Å². The second-order valence-electron chi connectivity index (χ2n) is 2.36. The Labute approximate surface area is 65.5 Å². The highest BCUT2D eigenvalue weighted by Crippen LogP contribution is 2.07. The predicted molar refractivity (Wildman–Crippen MR) is 41.4 cm³/mol. The van der Waals surface area contributed by atoms with Crippen LogP contribution in [0.1, 0.15) is 25.6 Å². The van der Waals surface area contributed by atoms with Crippen molar-refractivity contribution in [1.29, 1.82) is 0 Å². The zero-order chi connectivity index (χ0) is 8.27. The fourth-order valence-corrected chi connectivity index (χ4v) is 0.932. The molecule has 1 aromatic heterocycles. The van der Waals surface area contributed by atoms with Crippen LogP contribution in [0, 0.1) is 0 Å². The summed E-state index contributed by atoms with van der Waals surface area (Å²) in [6.45, 7) is 4.80. The maximum atomic E-state index is 5.27. The number of rotatable bonds is 3. The fraction of sp³-hybridized carbons (Fsp3) is 0.667. The zero-order valence-corrected chi connectivity index (χ0v) is 6.78. The molecule has 1 atom stereocenters. The average molecular weight is 155 g/mol. The van der Waals surface area contributed by atoms with Crippen LogP contribution in [0.25, 0.3) is 0 Å². The summed E-state index contributed by atoms with van der Waals surface area (Å²) in [6.07, 6.45) is 1.72. The lowest BCUT2D eigenvalue weighted by Gasteiger charge is -2.09. The van der Waals surface area contributed by atoms with Gasteiger partial charge in [0.1, 0.15) is 0 Å². The van der Waals surface area contributed by atoms with Crippen LogP contribution in [0.2, 0.25) is 0 Å². The predicted octanol–water partition coefficient (Wildman–Crippen LogP) is -0.178. The van der Waals surface area contributed by atoms with Crippen molar-refractivity contribution in [3.63, 3.8) is 0 Å². The molecule has 0 amide bonds. The van der Waals surface area contributed by atoms with Crippen LogP contribution in [0.3, 0.4) is 0 Å². The van der Waals surface area contributed by atoms with Crippen molar-refractivity contribution in [2.45, 2.75) is 26.4 Å². The van der Waals surface area contributed by atoms with Gasteiger partial charge in [-0.05, 0) is 13.8 Å². The van der Waals surface area contributed by atoms with Crippen LogP contribution in [-0.2, 0) is 6.54 Å². The molecule has 0 radical (unpaired) electrons. The maximum Gasteiger partial charge on any atom is 0.0767 e. The third-order valence-electron chi connectivity index (χ3n) is 1.64. The van der Waals surface area contributed by atoms with E-state index in [4.69, 9.17) is 5.84 Å². The Morgan fingerprint density at radius 2 is 2.55 bits per heavy atom. The molecule has 5 heteroatoms. The van der Waals surface area contributed by atoms with Gasteiger partial charge < -0.3 is 0 Å². The molecule has 11 heavy (non-hydrogen) atoms. The molecule has 0 saturated carbocycles. The zero-order valence-electron chi connectivity index (χ0n) is 6.78. The first-order chi connectivity index (χ1) is 5.29. The second-order valence-corrected chi connectivity index (χ2v) is 2.36. The minimum Gasteiger partial charge on any atom is -0.271 e. The molecule has 1 heterocycles. The Morgan fingerprint density at radius 1 is 1.82 bits per heavy atom. The number of nitrogens with zero attached hydrogens (tertiary/aromatic N) is 3. The minimum atomic E-state index is 0.102. The topological polar surface area (TPSA) is 68.8 Å². The molecule has 1 rings (SSSR count). The highest BCUT2D eigenvalue weighted by Gasteiger charge is 2.08. The molecule has 0 aliphatic heterocycles. The SMILES string of the molecule is CCn1nncc1C(C)NN. The van der Waals surface area contributed by atoms with E-state index in [1.54, 1.807) is 6.20 Å². The van der Waals surface area contributed by atoms with Crippen molar-refractivity contribution in [3.8, 4) is 0 Å². The first kappa shape index (κ1) is 8.16. The summed E-state index contributed by atoms with van der Waals surface area (Å²) in [5.74, 6) is 5.27. The van der Waals surface area contributed by atoms with Crippen LogP contribution in [-0.4, -0.2) is 15.0 Å². The minimum absolute atomic E-state index is 0.102. The monoisotopic (exact) mass is 155 g/mol. The van der Waals surface area contributed by atoms with Crippen molar-refractivity contribution < 1.29 is 0 Å². The first-order valence-corrected chi connectivity index (χ1v) is 3.64. The maximum absolute atomic E-state index is 5.27. The molecular weight excluding hydrogens is 142 g/mol. The standard InChI is InChI=1S/C6H13N5/c1-3-11-6(4-8-10-11)5(2)9-7/h4-5,9H,3,7H2,1-2H3. The molecule has 62 valence electrons. The van der Waals surface area contributed by atoms with Crippen LogP contribution in [0.5, 0.6) is 0 Å². The van der Waals surface area contributed by atoms with Gasteiger partial charge in [0.15, 0.2) is 0 Å². The summed E-state index contributed by atoms with van der Waals surface area (Å²) in [5, 5.41) is 7.65. The van der Waals surface area contributed by atoms with Gasteiger partial charge in [0.25, 0.3) is 0 Å². The summed E-state index contributed by atoms with van der Waals surface area (Å²) in [6, 6.07) is 0.102. The number of nitrogens with one attached hydrogen (secondary N) is 1. The highest BCUT2D eigenvalue weighted by molar-refractivity contribution is 4.99. The molecule has 0 aromatic carbocycles. The van der Waals surface area contributed by atoms with E-state index < -0.39 is 0 Å². The molecule has 0 saturated heterocycles. The fourth-order valence-electron chi connectivity index (χ4n) is 0.932. The number of nitrogens with two attached hydrogens (primary N) is 1. The van der Waals surface area contributed by atoms with Gasteiger partial charge in [-0.25, -0.2) is 4.68 Å². The van der Waals surface area contributed by atoms with Crippen LogP contribution >= 0.6 is 0 Å². The number of hydrogen-bond acceptors (Lipinski definition) is 4. The Morgan fingerprint density at radius 3 is 3.09 bits per heavy atom. The first-order valence-electron chi connectivity index (χ1n) is 3.64. The summed E-state index contributed by atoms with van der Waals surface area (Å²) < 4.78 is 1.81. The van der Waals surface area contributed by atoms with Crippen molar-refractivity contribution in [2.24, 2.45) is 5.84 Å². The quantitative estimate of drug-likeness (QED) is 0.469. The van der Waals surface area contributed by atoms with Gasteiger partial charge in [0.2, 0.25) is 0 Å². The summed E-state index contributed by atoms with van der Waals surface area (Å²) in [5.41, 5.74) is 3.65. The summed E-state index contributed by atoms with van der Waals surface area (Å²) >= 11 is 0. The lowest BCUT2D eigenvalue weighted by atomic mass is 10.3. The van der Waals surface area contributed by atoms with Gasteiger partial charge in [0.05, 0.1) is 17.9 Å². The lowest BCUT2D eigenvalue weighted by Crippen LogP contribution is -2.27. The van der Waals surface area contributed by atoms with E-state index in [0.29, 0.717) is 0 Å². The van der Waals surface area contributed by atoms with E-state index >= 15 is 0 Å². The normalized spacial score (nSPS) is 13.4. The Kier molecular flexibility index (Phi) is 2.56. The molecular formula is C6H13N5. The highest BCUT2D eigenvalue weighted by atomic mass is 15.4. The van der Waals surface area contributed by atoms with Gasteiger partial charge in [-0.15, -0.1) is 5.10 Å². The van der Waals surface area contributed by atoms with Crippen molar-refractivity contribution in [3.05, 3.63) is 11.9 Å². The molecule has 0 aliphatic carbocycles.